The molecule has 2 atom stereocenters. The van der Waals surface area contributed by atoms with Crippen LogP contribution < -0.4 is 31.1 Å². The zero-order valence-corrected chi connectivity index (χ0v) is 64.6. The van der Waals surface area contributed by atoms with Crippen LogP contribution in [0.2, 0.25) is 0 Å². The van der Waals surface area contributed by atoms with Crippen molar-refractivity contribution < 1.29 is 0 Å². The summed E-state index contributed by atoms with van der Waals surface area (Å²) in [5.74, 6) is 0. The largest absolute Gasteiger partial charge is 0.334 e. The highest BCUT2D eigenvalue weighted by Crippen LogP contribution is 2.64. The number of benzene rings is 10. The molecule has 3 nitrogen and oxygen atoms in total. The van der Waals surface area contributed by atoms with Gasteiger partial charge in [0.05, 0.1) is 11.2 Å². The average Bonchev–Trinajstić information content (AvgIpc) is 1.38. The van der Waals surface area contributed by atoms with E-state index in [9.17, 15) is 0 Å². The fourth-order valence-electron chi connectivity index (χ4n) is 21.0. The molecule has 101 heavy (non-hydrogen) atoms. The Labute approximate surface area is 606 Å². The van der Waals surface area contributed by atoms with Gasteiger partial charge < -0.3 is 14.7 Å². The summed E-state index contributed by atoms with van der Waals surface area (Å²) < 4.78 is 0. The highest BCUT2D eigenvalue weighted by atomic mass is 15.3. The van der Waals surface area contributed by atoms with Gasteiger partial charge in [0.25, 0.3) is 6.71 Å². The highest BCUT2D eigenvalue weighted by Gasteiger charge is 2.59. The quantitative estimate of drug-likeness (QED) is 0.159. The normalized spacial score (nSPS) is 21.6. The molecule has 17 rings (SSSR count). The molecule has 2 unspecified atom stereocenters. The van der Waals surface area contributed by atoms with E-state index in [0.29, 0.717) is 0 Å². The van der Waals surface area contributed by atoms with Crippen molar-refractivity contribution >= 4 is 68.6 Å². The van der Waals surface area contributed by atoms with Crippen molar-refractivity contribution in [2.45, 2.75) is 238 Å². The van der Waals surface area contributed by atoms with E-state index in [1.165, 1.54) is 175 Å². The van der Waals surface area contributed by atoms with E-state index in [1.54, 1.807) is 0 Å². The van der Waals surface area contributed by atoms with Crippen molar-refractivity contribution in [1.82, 2.24) is 0 Å². The van der Waals surface area contributed by atoms with E-state index in [0.717, 1.165) is 25.7 Å². The highest BCUT2D eigenvalue weighted by molar-refractivity contribution is 7.00. The standard InChI is InChI=1S/C97H106BN3/c1-59-49-73-75(94(16,17)69-35-27-25-33-67(69)92(73,12)13)57-82(59)100-83-56-72-71(90(8,9)47-48-91(72,10)11)54-78(83)98-79-55-74-76(95(18,19)70-36-28-26-34-68(70)93(74,14)15)58-84(79)99(80-44-42-64(89(5,6)7)51-66(80)61-31-23-22-24-32-61)85-52-65(53-86(100)87(85)98)101-81-43-39-62(60-37-40-63(41-38-60)88(2,3)4)50-77(81)96(20)45-29-30-46-97(96,101)21/h22-28,31-44,49-58H,29-30,45-48H2,1-21H3. The molecule has 1 fully saturated rings. The van der Waals surface area contributed by atoms with E-state index in [4.69, 9.17) is 0 Å². The molecule has 0 saturated heterocycles. The van der Waals surface area contributed by atoms with Gasteiger partial charge in [0.15, 0.2) is 0 Å². The Balaban J connectivity index is 1.04. The Morgan fingerprint density at radius 2 is 0.762 bits per heavy atom. The second-order valence-electron chi connectivity index (χ2n) is 38.0. The Bertz CT molecular complexity index is 5150. The van der Waals surface area contributed by atoms with Gasteiger partial charge in [-0.05, 0) is 227 Å². The molecule has 4 heteroatoms. The first-order chi connectivity index (χ1) is 47.5. The van der Waals surface area contributed by atoms with Crippen molar-refractivity contribution in [3.63, 3.8) is 0 Å². The molecule has 0 aromatic heterocycles. The van der Waals surface area contributed by atoms with Crippen molar-refractivity contribution in [1.29, 1.82) is 0 Å². The summed E-state index contributed by atoms with van der Waals surface area (Å²) in [7, 11) is 0. The SMILES string of the molecule is Cc1cc2c(cc1N1c3cc4c(cc3B3c5cc6c(cc5N(c5ccc(C(C)(C)C)cc5-c5ccccc5)c5cc(N7c8ccc(-c9ccc(C(C)(C)C)cc9)cc8C8(C)CCCCC78C)cc1c53)C(C)(C)c1ccccc1C6(C)C)C(C)(C)CCC4(C)C)C(C)(C)c1ccccc1C2(C)C. The van der Waals surface area contributed by atoms with Gasteiger partial charge in [-0.1, -0.05) is 278 Å². The summed E-state index contributed by atoms with van der Waals surface area (Å²) in [5, 5.41) is 0. The number of fused-ring (bicyclic) bond motifs is 12. The summed E-state index contributed by atoms with van der Waals surface area (Å²) in [6.07, 6.45) is 6.86. The lowest BCUT2D eigenvalue weighted by atomic mass is 9.32. The Morgan fingerprint density at radius 3 is 1.31 bits per heavy atom. The Kier molecular flexibility index (Phi) is 14.0. The lowest BCUT2D eigenvalue weighted by Crippen LogP contribution is -2.62. The fraction of sp³-hybridized carbons (Fsp3) is 0.381. The van der Waals surface area contributed by atoms with Crippen molar-refractivity contribution in [3.05, 3.63) is 266 Å². The third-order valence-corrected chi connectivity index (χ3v) is 27.6. The van der Waals surface area contributed by atoms with E-state index in [1.807, 2.05) is 0 Å². The number of anilines is 8. The van der Waals surface area contributed by atoms with Gasteiger partial charge in [0.2, 0.25) is 0 Å². The van der Waals surface area contributed by atoms with Gasteiger partial charge in [-0.2, -0.15) is 0 Å². The maximum atomic E-state index is 2.90. The molecule has 10 aromatic rings. The van der Waals surface area contributed by atoms with Gasteiger partial charge in [0.1, 0.15) is 0 Å². The summed E-state index contributed by atoms with van der Waals surface area (Å²) in [6, 6.07) is 76.4. The zero-order valence-electron chi connectivity index (χ0n) is 64.6. The number of rotatable bonds is 5. The van der Waals surface area contributed by atoms with Crippen LogP contribution in [0.5, 0.6) is 0 Å². The first kappa shape index (κ1) is 65.9. The molecule has 3 aliphatic heterocycles. The summed E-state index contributed by atoms with van der Waals surface area (Å²) in [4.78, 5) is 8.56. The second kappa shape index (κ2) is 21.4. The third-order valence-electron chi connectivity index (χ3n) is 27.6. The first-order valence-electron chi connectivity index (χ1n) is 38.3. The van der Waals surface area contributed by atoms with Crippen LogP contribution >= 0.6 is 0 Å². The topological polar surface area (TPSA) is 9.72 Å². The van der Waals surface area contributed by atoms with Crippen molar-refractivity contribution in [3.8, 4) is 22.3 Å². The molecule has 0 radical (unpaired) electrons. The van der Waals surface area contributed by atoms with Crippen molar-refractivity contribution in [2.75, 3.05) is 14.7 Å². The van der Waals surface area contributed by atoms with Crippen LogP contribution in [0.3, 0.4) is 0 Å². The van der Waals surface area contributed by atoms with Crippen LogP contribution in [0.4, 0.5) is 45.5 Å². The van der Waals surface area contributed by atoms with E-state index in [-0.39, 0.29) is 61.0 Å². The van der Waals surface area contributed by atoms with Gasteiger partial charge in [-0.3, -0.25) is 0 Å². The minimum atomic E-state index is -0.302. The summed E-state index contributed by atoms with van der Waals surface area (Å²) >= 11 is 0. The molecule has 10 aromatic carbocycles. The van der Waals surface area contributed by atoms with E-state index >= 15 is 0 Å². The molecule has 1 saturated carbocycles. The smallest absolute Gasteiger partial charge is 0.252 e. The molecule has 0 bridgehead atoms. The number of hydrogen-bond donors (Lipinski definition) is 0. The molecule has 3 heterocycles. The molecule has 512 valence electrons. The number of aryl methyl sites for hydroxylation is 1. The molecular weight excluding hydrogens is 1220 g/mol. The lowest BCUT2D eigenvalue weighted by Gasteiger charge is -2.52. The van der Waals surface area contributed by atoms with Crippen LogP contribution in [-0.4, -0.2) is 12.3 Å². The first-order valence-corrected chi connectivity index (χ1v) is 38.3. The fourth-order valence-corrected chi connectivity index (χ4v) is 21.0. The van der Waals surface area contributed by atoms with Gasteiger partial charge in [-0.15, -0.1) is 0 Å². The molecule has 0 N–H and O–H groups in total. The predicted octanol–water partition coefficient (Wildman–Crippen LogP) is 24.0. The molecule has 0 spiro atoms. The van der Waals surface area contributed by atoms with E-state index in [2.05, 4.69) is 348 Å². The van der Waals surface area contributed by atoms with Crippen LogP contribution in [0.25, 0.3) is 22.3 Å². The van der Waals surface area contributed by atoms with Crippen molar-refractivity contribution in [2.24, 2.45) is 0 Å². The zero-order chi connectivity index (χ0) is 71.2. The second-order valence-corrected chi connectivity index (χ2v) is 38.0. The summed E-state index contributed by atoms with van der Waals surface area (Å²) in [5.41, 5.74) is 37.5. The minimum absolute atomic E-state index is 0.0438. The lowest BCUT2D eigenvalue weighted by molar-refractivity contribution is 0.195. The maximum Gasteiger partial charge on any atom is 0.252 e. The summed E-state index contributed by atoms with van der Waals surface area (Å²) in [6.45, 7) is 51.8. The number of nitrogens with zero attached hydrogens (tertiary/aromatic N) is 3. The monoisotopic (exact) mass is 1320 g/mol. The van der Waals surface area contributed by atoms with E-state index < -0.39 is 0 Å². The van der Waals surface area contributed by atoms with Crippen LogP contribution in [-0.2, 0) is 48.7 Å². The van der Waals surface area contributed by atoms with Gasteiger partial charge >= 0.3 is 0 Å². The van der Waals surface area contributed by atoms with Crippen LogP contribution in [0, 0.1) is 6.92 Å². The molecule has 7 aliphatic rings. The Hall–Kier alpha value is -8.34. The van der Waals surface area contributed by atoms with Gasteiger partial charge in [-0.25, -0.2) is 0 Å². The van der Waals surface area contributed by atoms with Crippen LogP contribution in [0.15, 0.2) is 188 Å². The molecular formula is C97H106BN3. The minimum Gasteiger partial charge on any atom is -0.334 e. The third kappa shape index (κ3) is 9.22. The maximum absolute atomic E-state index is 2.90. The molecule has 4 aliphatic carbocycles. The Morgan fingerprint density at radius 1 is 0.327 bits per heavy atom. The molecule has 0 amide bonds. The van der Waals surface area contributed by atoms with Crippen LogP contribution in [0.1, 0.15) is 255 Å². The number of hydrogen-bond acceptors (Lipinski definition) is 3. The predicted molar refractivity (Wildman–Crippen MR) is 433 cm³/mol. The van der Waals surface area contributed by atoms with Gasteiger partial charge in [0, 0.05) is 72.5 Å². The average molecular weight is 1320 g/mol.